The number of hydrogen-bond donors (Lipinski definition) is 1. The number of imide groups is 1. The zero-order chi connectivity index (χ0) is 22.0. The van der Waals surface area contributed by atoms with Crippen molar-refractivity contribution in [3.8, 4) is 5.75 Å². The van der Waals surface area contributed by atoms with Crippen LogP contribution in [0.5, 0.6) is 5.75 Å². The quantitative estimate of drug-likeness (QED) is 0.492. The van der Waals surface area contributed by atoms with Gasteiger partial charge in [-0.25, -0.2) is 4.90 Å². The molecule has 0 saturated carbocycles. The van der Waals surface area contributed by atoms with Gasteiger partial charge in [0.05, 0.1) is 18.5 Å². The highest BCUT2D eigenvalue weighted by atomic mass is 35.5. The van der Waals surface area contributed by atoms with Crippen LogP contribution in [0.2, 0.25) is 5.02 Å². The van der Waals surface area contributed by atoms with Gasteiger partial charge in [0.15, 0.2) is 0 Å². The predicted octanol–water partition coefficient (Wildman–Crippen LogP) is 5.65. The van der Waals surface area contributed by atoms with Gasteiger partial charge >= 0.3 is 0 Å². The van der Waals surface area contributed by atoms with E-state index in [0.717, 1.165) is 10.5 Å². The van der Waals surface area contributed by atoms with Gasteiger partial charge in [0.25, 0.3) is 11.8 Å². The molecule has 2 amide bonds. The van der Waals surface area contributed by atoms with Crippen LogP contribution in [0.1, 0.15) is 5.56 Å². The molecule has 3 aromatic carbocycles. The molecule has 1 heterocycles. The number of para-hydroxylation sites is 2. The molecule has 5 nitrogen and oxygen atoms in total. The van der Waals surface area contributed by atoms with Crippen LogP contribution in [0.25, 0.3) is 0 Å². The van der Waals surface area contributed by atoms with Crippen LogP contribution in [0.4, 0.5) is 11.4 Å². The molecular formula is C24H19ClN2O3S. The lowest BCUT2D eigenvalue weighted by Crippen LogP contribution is -2.33. The summed E-state index contributed by atoms with van der Waals surface area (Å²) in [6.45, 7) is 1.82. The second-order valence-corrected chi connectivity index (χ2v) is 8.34. The summed E-state index contributed by atoms with van der Waals surface area (Å²) in [5.41, 5.74) is 2.04. The van der Waals surface area contributed by atoms with Crippen molar-refractivity contribution in [3.05, 3.63) is 94.0 Å². The number of nitrogens with one attached hydrogen (secondary N) is 1. The number of carbonyl (C=O) groups is 2. The smallest absolute Gasteiger partial charge is 0.283 e. The van der Waals surface area contributed by atoms with Crippen LogP contribution in [0, 0.1) is 6.92 Å². The molecule has 1 N–H and O–H groups in total. The number of benzene rings is 3. The number of rotatable bonds is 6. The maximum atomic E-state index is 13.5. The number of nitrogens with zero attached hydrogens (tertiary/aromatic N) is 1. The molecule has 156 valence electrons. The molecule has 0 unspecified atom stereocenters. The highest BCUT2D eigenvalue weighted by Gasteiger charge is 2.41. The van der Waals surface area contributed by atoms with E-state index in [0.29, 0.717) is 27.1 Å². The number of hydrogen-bond acceptors (Lipinski definition) is 5. The molecule has 1 aliphatic rings. The third-order valence-electron chi connectivity index (χ3n) is 4.77. The van der Waals surface area contributed by atoms with Gasteiger partial charge < -0.3 is 10.1 Å². The lowest BCUT2D eigenvalue weighted by Gasteiger charge is -2.18. The first kappa shape index (κ1) is 21.0. The topological polar surface area (TPSA) is 58.6 Å². The number of carbonyl (C=O) groups excluding carboxylic acids is 2. The lowest BCUT2D eigenvalue weighted by molar-refractivity contribution is -0.120. The molecule has 1 aliphatic heterocycles. The average molecular weight is 451 g/mol. The number of amides is 2. The summed E-state index contributed by atoms with van der Waals surface area (Å²) in [7, 11) is 1.56. The zero-order valence-corrected chi connectivity index (χ0v) is 18.5. The van der Waals surface area contributed by atoms with Crippen molar-refractivity contribution in [2.75, 3.05) is 17.3 Å². The molecule has 3 aromatic rings. The summed E-state index contributed by atoms with van der Waals surface area (Å²) >= 11 is 7.32. The molecule has 0 saturated heterocycles. The summed E-state index contributed by atoms with van der Waals surface area (Å²) < 4.78 is 5.40. The van der Waals surface area contributed by atoms with Gasteiger partial charge in [-0.15, -0.1) is 0 Å². The van der Waals surface area contributed by atoms with Crippen LogP contribution in [-0.4, -0.2) is 18.9 Å². The van der Waals surface area contributed by atoms with Crippen molar-refractivity contribution in [1.29, 1.82) is 0 Å². The largest absolute Gasteiger partial charge is 0.495 e. The molecule has 7 heteroatoms. The zero-order valence-electron chi connectivity index (χ0n) is 16.9. The maximum Gasteiger partial charge on any atom is 0.283 e. The van der Waals surface area contributed by atoms with Crippen LogP contribution < -0.4 is 15.0 Å². The Morgan fingerprint density at radius 1 is 0.935 bits per heavy atom. The average Bonchev–Trinajstić information content (AvgIpc) is 2.99. The van der Waals surface area contributed by atoms with Crippen molar-refractivity contribution in [3.63, 3.8) is 0 Å². The number of aryl methyl sites for hydroxylation is 1. The highest BCUT2D eigenvalue weighted by molar-refractivity contribution is 8.04. The second-order valence-electron chi connectivity index (χ2n) is 6.82. The fourth-order valence-corrected chi connectivity index (χ4v) is 4.47. The fraction of sp³-hybridized carbons (Fsp3) is 0.0833. The first-order valence-electron chi connectivity index (χ1n) is 9.51. The SMILES string of the molecule is COc1ccccc1NC1=C(Sc2ccccc2)C(=O)N(c2ccc(Cl)cc2C)C1=O. The third kappa shape index (κ3) is 4.17. The minimum Gasteiger partial charge on any atom is -0.495 e. The number of thioether (sulfide) groups is 1. The van der Waals surface area contributed by atoms with Crippen molar-refractivity contribution in [1.82, 2.24) is 0 Å². The Morgan fingerprint density at radius 3 is 2.35 bits per heavy atom. The van der Waals surface area contributed by atoms with E-state index in [1.807, 2.05) is 49.4 Å². The van der Waals surface area contributed by atoms with Gasteiger partial charge in [-0.3, -0.25) is 9.59 Å². The highest BCUT2D eigenvalue weighted by Crippen LogP contribution is 2.39. The molecule has 0 aromatic heterocycles. The third-order valence-corrected chi connectivity index (χ3v) is 6.10. The molecule has 0 atom stereocenters. The van der Waals surface area contributed by atoms with Gasteiger partial charge in [-0.05, 0) is 55.0 Å². The first-order valence-corrected chi connectivity index (χ1v) is 10.7. The van der Waals surface area contributed by atoms with Gasteiger partial charge in [0, 0.05) is 9.92 Å². The standard InChI is InChI=1S/C24H19ClN2O3S/c1-15-14-16(25)12-13-19(15)27-23(28)21(26-18-10-6-7-11-20(18)30-2)22(24(27)29)31-17-8-4-3-5-9-17/h3-14,26H,1-2H3. The molecule has 0 radical (unpaired) electrons. The normalized spacial score (nSPS) is 13.7. The first-order chi connectivity index (χ1) is 15.0. The van der Waals surface area contributed by atoms with Gasteiger partial charge in [0.2, 0.25) is 0 Å². The van der Waals surface area contributed by atoms with E-state index in [2.05, 4.69) is 5.32 Å². The Hall–Kier alpha value is -3.22. The van der Waals surface area contributed by atoms with E-state index in [1.165, 1.54) is 16.7 Å². The van der Waals surface area contributed by atoms with E-state index in [9.17, 15) is 9.59 Å². The van der Waals surface area contributed by atoms with Crippen LogP contribution >= 0.6 is 23.4 Å². The van der Waals surface area contributed by atoms with Gasteiger partial charge in [-0.2, -0.15) is 0 Å². The monoisotopic (exact) mass is 450 g/mol. The molecule has 4 rings (SSSR count). The van der Waals surface area contributed by atoms with E-state index < -0.39 is 5.91 Å². The summed E-state index contributed by atoms with van der Waals surface area (Å²) in [4.78, 5) is 29.3. The maximum absolute atomic E-state index is 13.5. The fourth-order valence-electron chi connectivity index (χ4n) is 3.29. The Morgan fingerprint density at radius 2 is 1.65 bits per heavy atom. The molecule has 31 heavy (non-hydrogen) atoms. The predicted molar refractivity (Wildman–Crippen MR) is 125 cm³/mol. The molecule has 0 bridgehead atoms. The number of methoxy groups -OCH3 is 1. The summed E-state index contributed by atoms with van der Waals surface area (Å²) in [5.74, 6) is -0.248. The Bertz CT molecular complexity index is 1190. The van der Waals surface area contributed by atoms with E-state index >= 15 is 0 Å². The van der Waals surface area contributed by atoms with Crippen molar-refractivity contribution in [2.45, 2.75) is 11.8 Å². The van der Waals surface area contributed by atoms with Crippen molar-refractivity contribution < 1.29 is 14.3 Å². The Kier molecular flexibility index (Phi) is 6.02. The van der Waals surface area contributed by atoms with E-state index in [1.54, 1.807) is 37.4 Å². The number of halogens is 1. The van der Waals surface area contributed by atoms with Gasteiger partial charge in [0.1, 0.15) is 16.4 Å². The summed E-state index contributed by atoms with van der Waals surface area (Å²) in [6, 6.07) is 21.8. The van der Waals surface area contributed by atoms with Crippen LogP contribution in [0.15, 0.2) is 88.3 Å². The Balaban J connectivity index is 1.79. The lowest BCUT2D eigenvalue weighted by atomic mass is 10.2. The molecule has 0 fully saturated rings. The number of ether oxygens (including phenoxy) is 1. The van der Waals surface area contributed by atoms with Gasteiger partial charge in [-0.1, -0.05) is 53.7 Å². The minimum absolute atomic E-state index is 0.206. The molecule has 0 aliphatic carbocycles. The second kappa shape index (κ2) is 8.88. The van der Waals surface area contributed by atoms with E-state index in [-0.39, 0.29) is 11.6 Å². The Labute approximate surface area is 189 Å². The van der Waals surface area contributed by atoms with Crippen LogP contribution in [0.3, 0.4) is 0 Å². The molecular weight excluding hydrogens is 432 g/mol. The van der Waals surface area contributed by atoms with Crippen LogP contribution in [-0.2, 0) is 9.59 Å². The summed E-state index contributed by atoms with van der Waals surface area (Å²) in [5, 5.41) is 3.68. The minimum atomic E-state index is -0.431. The van der Waals surface area contributed by atoms with Crippen molar-refractivity contribution in [2.24, 2.45) is 0 Å². The van der Waals surface area contributed by atoms with E-state index in [4.69, 9.17) is 16.3 Å². The van der Waals surface area contributed by atoms with Crippen molar-refractivity contribution >= 4 is 46.6 Å². The summed E-state index contributed by atoms with van der Waals surface area (Å²) in [6.07, 6.45) is 0. The number of anilines is 2. The molecule has 0 spiro atoms.